The molecule has 3 heterocycles. The van der Waals surface area contributed by atoms with Gasteiger partial charge < -0.3 is 4.90 Å². The highest BCUT2D eigenvalue weighted by atomic mass is 16.2. The molecule has 2 aromatic rings. The van der Waals surface area contributed by atoms with E-state index >= 15 is 0 Å². The highest BCUT2D eigenvalue weighted by Gasteiger charge is 2.20. The molecule has 0 unspecified atom stereocenters. The van der Waals surface area contributed by atoms with Crippen LogP contribution in [-0.4, -0.2) is 45.3 Å². The van der Waals surface area contributed by atoms with E-state index in [0.29, 0.717) is 0 Å². The average molecular weight is 336 g/mol. The average Bonchev–Trinajstić information content (AvgIpc) is 3.16. The quantitative estimate of drug-likeness (QED) is 0.864. The van der Waals surface area contributed by atoms with E-state index in [9.17, 15) is 4.79 Å². The molecule has 2 aliphatic rings. The molecule has 2 aliphatic heterocycles. The van der Waals surface area contributed by atoms with Gasteiger partial charge >= 0.3 is 0 Å². The Balaban J connectivity index is 1.41. The van der Waals surface area contributed by atoms with Crippen LogP contribution in [0.4, 0.5) is 0 Å². The molecule has 1 saturated heterocycles. The summed E-state index contributed by atoms with van der Waals surface area (Å²) in [5.41, 5.74) is 4.47. The molecule has 0 aliphatic carbocycles. The fourth-order valence-corrected chi connectivity index (χ4v) is 3.71. The van der Waals surface area contributed by atoms with Crippen LogP contribution in [0.2, 0.25) is 0 Å². The van der Waals surface area contributed by atoms with Crippen LogP contribution in [0.1, 0.15) is 45.8 Å². The number of carbonyl (C=O) groups excluding carboxylic acids is 1. The van der Waals surface area contributed by atoms with E-state index in [1.807, 2.05) is 30.2 Å². The van der Waals surface area contributed by atoms with Crippen molar-refractivity contribution in [3.63, 3.8) is 0 Å². The smallest absolute Gasteiger partial charge is 0.253 e. The van der Waals surface area contributed by atoms with E-state index in [1.54, 1.807) is 0 Å². The molecule has 1 amide bonds. The fraction of sp³-hybridized carbons (Fsp3) is 0.450. The first-order chi connectivity index (χ1) is 12.2. The van der Waals surface area contributed by atoms with Crippen molar-refractivity contribution in [2.45, 2.75) is 39.3 Å². The van der Waals surface area contributed by atoms with Crippen molar-refractivity contribution < 1.29 is 4.79 Å². The molecule has 25 heavy (non-hydrogen) atoms. The lowest BCUT2D eigenvalue weighted by Crippen LogP contribution is -2.31. The maximum atomic E-state index is 12.4. The first-order valence-corrected chi connectivity index (χ1v) is 9.11. The molecular formula is C20H24N4O. The summed E-state index contributed by atoms with van der Waals surface area (Å²) in [6, 6.07) is 8.12. The molecule has 130 valence electrons. The molecule has 1 aromatic heterocycles. The summed E-state index contributed by atoms with van der Waals surface area (Å²) >= 11 is 0. The van der Waals surface area contributed by atoms with Gasteiger partial charge in [-0.1, -0.05) is 12.1 Å². The molecule has 0 saturated carbocycles. The second kappa shape index (κ2) is 6.92. The summed E-state index contributed by atoms with van der Waals surface area (Å²) in [7, 11) is 0. The molecule has 5 heteroatoms. The van der Waals surface area contributed by atoms with Crippen LogP contribution in [0.5, 0.6) is 0 Å². The number of hydrogen-bond donors (Lipinski definition) is 0. The predicted octanol–water partition coefficient (Wildman–Crippen LogP) is 2.58. The monoisotopic (exact) mass is 336 g/mol. The van der Waals surface area contributed by atoms with Crippen molar-refractivity contribution in [2.75, 3.05) is 19.6 Å². The van der Waals surface area contributed by atoms with Gasteiger partial charge in [-0.05, 0) is 49.4 Å². The van der Waals surface area contributed by atoms with Crippen molar-refractivity contribution in [3.8, 4) is 0 Å². The summed E-state index contributed by atoms with van der Waals surface area (Å²) in [5.74, 6) is 1.01. The van der Waals surface area contributed by atoms with Gasteiger partial charge in [0.2, 0.25) is 0 Å². The van der Waals surface area contributed by atoms with E-state index in [4.69, 9.17) is 0 Å². The predicted molar refractivity (Wildman–Crippen MR) is 96.2 cm³/mol. The van der Waals surface area contributed by atoms with Gasteiger partial charge in [-0.15, -0.1) is 0 Å². The third-order valence-corrected chi connectivity index (χ3v) is 5.15. The van der Waals surface area contributed by atoms with Gasteiger partial charge in [0.05, 0.1) is 5.69 Å². The van der Waals surface area contributed by atoms with Crippen LogP contribution in [0.15, 0.2) is 30.5 Å². The lowest BCUT2D eigenvalue weighted by Gasteiger charge is -2.28. The highest BCUT2D eigenvalue weighted by Crippen LogP contribution is 2.19. The Kier molecular flexibility index (Phi) is 4.49. The Bertz CT molecular complexity index is 766. The summed E-state index contributed by atoms with van der Waals surface area (Å²) in [6.07, 6.45) is 5.22. The summed E-state index contributed by atoms with van der Waals surface area (Å²) in [6.45, 7) is 6.52. The number of amides is 1. The Labute approximate surface area is 148 Å². The third-order valence-electron chi connectivity index (χ3n) is 5.15. The first-order valence-electron chi connectivity index (χ1n) is 9.11. The Hall–Kier alpha value is -2.27. The standard InChI is InChI=1S/C20H24N4O/c1-15-21-12-18-8-11-23(14-19(18)22-15)13-16-4-6-17(7-5-16)20(25)24-9-2-3-10-24/h4-7,12H,2-3,8-11,13-14H2,1H3. The summed E-state index contributed by atoms with van der Waals surface area (Å²) in [4.78, 5) is 25.7. The number of aryl methyl sites for hydroxylation is 1. The molecule has 0 radical (unpaired) electrons. The van der Waals surface area contributed by atoms with Crippen LogP contribution < -0.4 is 0 Å². The minimum atomic E-state index is 0.170. The van der Waals surface area contributed by atoms with Crippen LogP contribution >= 0.6 is 0 Å². The number of likely N-dealkylation sites (tertiary alicyclic amines) is 1. The van der Waals surface area contributed by atoms with Gasteiger partial charge in [0.15, 0.2) is 0 Å². The van der Waals surface area contributed by atoms with E-state index in [-0.39, 0.29) is 5.91 Å². The Morgan fingerprint density at radius 3 is 2.64 bits per heavy atom. The second-order valence-corrected chi connectivity index (χ2v) is 7.05. The third kappa shape index (κ3) is 3.56. The van der Waals surface area contributed by atoms with Gasteiger partial charge in [-0.25, -0.2) is 9.97 Å². The molecular weight excluding hydrogens is 312 g/mol. The summed E-state index contributed by atoms with van der Waals surface area (Å²) in [5, 5.41) is 0. The van der Waals surface area contributed by atoms with E-state index < -0.39 is 0 Å². The Morgan fingerprint density at radius 1 is 1.12 bits per heavy atom. The number of nitrogens with zero attached hydrogens (tertiary/aromatic N) is 4. The molecule has 0 spiro atoms. The van der Waals surface area contributed by atoms with Crippen LogP contribution in [0.3, 0.4) is 0 Å². The molecule has 0 N–H and O–H groups in total. The van der Waals surface area contributed by atoms with E-state index in [1.165, 1.54) is 11.1 Å². The lowest BCUT2D eigenvalue weighted by molar-refractivity contribution is 0.0793. The van der Waals surface area contributed by atoms with Crippen molar-refractivity contribution in [3.05, 3.63) is 58.7 Å². The molecule has 1 fully saturated rings. The van der Waals surface area contributed by atoms with Gasteiger partial charge in [0, 0.05) is 44.5 Å². The molecule has 1 aromatic carbocycles. The zero-order valence-corrected chi connectivity index (χ0v) is 14.7. The lowest BCUT2D eigenvalue weighted by atomic mass is 10.1. The van der Waals surface area contributed by atoms with Crippen molar-refractivity contribution in [1.29, 1.82) is 0 Å². The molecule has 0 bridgehead atoms. The number of rotatable bonds is 3. The van der Waals surface area contributed by atoms with Crippen LogP contribution in [0.25, 0.3) is 0 Å². The normalized spacial score (nSPS) is 17.6. The maximum absolute atomic E-state index is 12.4. The number of hydrogen-bond acceptors (Lipinski definition) is 4. The summed E-state index contributed by atoms with van der Waals surface area (Å²) < 4.78 is 0. The van der Waals surface area contributed by atoms with Crippen molar-refractivity contribution in [1.82, 2.24) is 19.8 Å². The van der Waals surface area contributed by atoms with Crippen molar-refractivity contribution >= 4 is 5.91 Å². The first kappa shape index (κ1) is 16.2. The maximum Gasteiger partial charge on any atom is 0.253 e. The Morgan fingerprint density at radius 2 is 1.88 bits per heavy atom. The SMILES string of the molecule is Cc1ncc2c(n1)CN(Cc1ccc(C(=O)N3CCCC3)cc1)CC2. The minimum Gasteiger partial charge on any atom is -0.339 e. The van der Waals surface area contributed by atoms with E-state index in [2.05, 4.69) is 27.0 Å². The number of benzene rings is 1. The van der Waals surface area contributed by atoms with Gasteiger partial charge in [0.25, 0.3) is 5.91 Å². The molecule has 0 atom stereocenters. The van der Waals surface area contributed by atoms with Crippen molar-refractivity contribution in [2.24, 2.45) is 0 Å². The number of fused-ring (bicyclic) bond motifs is 1. The molecule has 4 rings (SSSR count). The highest BCUT2D eigenvalue weighted by molar-refractivity contribution is 5.94. The van der Waals surface area contributed by atoms with Gasteiger partial charge in [-0.2, -0.15) is 0 Å². The van der Waals surface area contributed by atoms with Crippen LogP contribution in [0, 0.1) is 6.92 Å². The second-order valence-electron chi connectivity index (χ2n) is 7.05. The largest absolute Gasteiger partial charge is 0.339 e. The van der Waals surface area contributed by atoms with Gasteiger partial charge in [-0.3, -0.25) is 9.69 Å². The van der Waals surface area contributed by atoms with Crippen LogP contribution in [-0.2, 0) is 19.5 Å². The topological polar surface area (TPSA) is 49.3 Å². The minimum absolute atomic E-state index is 0.170. The fourth-order valence-electron chi connectivity index (χ4n) is 3.71. The molecule has 5 nitrogen and oxygen atoms in total. The zero-order valence-electron chi connectivity index (χ0n) is 14.7. The van der Waals surface area contributed by atoms with Gasteiger partial charge in [0.1, 0.15) is 5.82 Å². The zero-order chi connectivity index (χ0) is 17.2. The number of carbonyl (C=O) groups is 1. The number of aromatic nitrogens is 2. The van der Waals surface area contributed by atoms with E-state index in [0.717, 1.165) is 69.1 Å².